The van der Waals surface area contributed by atoms with E-state index in [1.807, 2.05) is 0 Å². The van der Waals surface area contributed by atoms with Gasteiger partial charge in [0, 0.05) is 12.4 Å². The summed E-state index contributed by atoms with van der Waals surface area (Å²) in [5, 5.41) is 0. The van der Waals surface area contributed by atoms with E-state index in [-0.39, 0.29) is 0 Å². The van der Waals surface area contributed by atoms with E-state index < -0.39 is 0 Å². The fourth-order valence-corrected chi connectivity index (χ4v) is 5.55. The van der Waals surface area contributed by atoms with Gasteiger partial charge in [0.1, 0.15) is 0 Å². The van der Waals surface area contributed by atoms with Crippen molar-refractivity contribution in [3.63, 3.8) is 0 Å². The zero-order chi connectivity index (χ0) is 16.9. The lowest BCUT2D eigenvalue weighted by molar-refractivity contribution is -0.00129. The molecule has 0 saturated heterocycles. The molecule has 0 unspecified atom stereocenters. The molecule has 130 valence electrons. The Morgan fingerprint density at radius 2 is 1.25 bits per heavy atom. The van der Waals surface area contributed by atoms with Gasteiger partial charge in [0.2, 0.25) is 0 Å². The van der Waals surface area contributed by atoms with Gasteiger partial charge in [-0.15, -0.1) is 0 Å². The average Bonchev–Trinajstić information content (AvgIpc) is 2.57. The van der Waals surface area contributed by atoms with Gasteiger partial charge in [-0.05, 0) is 71.3 Å². The van der Waals surface area contributed by atoms with E-state index in [1.165, 1.54) is 36.8 Å². The second kappa shape index (κ2) is 5.68. The first-order chi connectivity index (χ1) is 11.4. The van der Waals surface area contributed by atoms with Gasteiger partial charge in [0.25, 0.3) is 0 Å². The van der Waals surface area contributed by atoms with E-state index in [4.69, 9.17) is 0 Å². The van der Waals surface area contributed by atoms with Crippen molar-refractivity contribution in [2.24, 2.45) is 44.5 Å². The molecule has 24 heavy (non-hydrogen) atoms. The molecule has 4 bridgehead atoms. The summed E-state index contributed by atoms with van der Waals surface area (Å²) in [6, 6.07) is 0. The lowest BCUT2D eigenvalue weighted by atomic mass is 9.49. The zero-order valence-electron chi connectivity index (χ0n) is 15.8. The van der Waals surface area contributed by atoms with Crippen LogP contribution < -0.4 is 0 Å². The molecule has 0 spiro atoms. The van der Waals surface area contributed by atoms with Gasteiger partial charge in [-0.25, -0.2) is 0 Å². The van der Waals surface area contributed by atoms with Crippen molar-refractivity contribution in [1.29, 1.82) is 0 Å². The van der Waals surface area contributed by atoms with Crippen LogP contribution in [0.2, 0.25) is 0 Å². The highest BCUT2D eigenvalue weighted by atomic mass is 14.8. The number of aliphatic imine (C=N–C) groups is 2. The molecule has 0 amide bonds. The highest BCUT2D eigenvalue weighted by molar-refractivity contribution is 5.81. The largest absolute Gasteiger partial charge is 0.291 e. The molecule has 2 nitrogen and oxygen atoms in total. The average molecular weight is 325 g/mol. The summed E-state index contributed by atoms with van der Waals surface area (Å²) in [7, 11) is 0. The number of rotatable bonds is 5. The third-order valence-corrected chi connectivity index (χ3v) is 7.86. The molecule has 6 aliphatic rings. The maximum Gasteiger partial charge on any atom is 0.0585 e. The predicted molar refractivity (Wildman–Crippen MR) is 103 cm³/mol. The fraction of sp³-hybridized carbons (Fsp3) is 0.727. The third kappa shape index (κ3) is 2.45. The first-order valence-electron chi connectivity index (χ1n) is 9.80. The van der Waals surface area contributed by atoms with Crippen LogP contribution in [-0.2, 0) is 0 Å². The number of fused-ring (bicyclic) bond motifs is 2. The maximum absolute atomic E-state index is 4.65. The Kier molecular flexibility index (Phi) is 3.85. The minimum atomic E-state index is 0.495. The maximum atomic E-state index is 4.65. The summed E-state index contributed by atoms with van der Waals surface area (Å²) in [6.07, 6.45) is 14.3. The Morgan fingerprint density at radius 1 is 0.833 bits per heavy atom. The lowest BCUT2D eigenvalue weighted by Gasteiger charge is -2.55. The monoisotopic (exact) mass is 324 g/mol. The third-order valence-electron chi connectivity index (χ3n) is 7.86. The molecular weight excluding hydrogens is 292 g/mol. The van der Waals surface area contributed by atoms with Crippen molar-refractivity contribution >= 4 is 12.4 Å². The molecule has 2 fully saturated rings. The van der Waals surface area contributed by atoms with E-state index in [1.54, 1.807) is 0 Å². The van der Waals surface area contributed by atoms with Crippen LogP contribution in [0.25, 0.3) is 0 Å². The summed E-state index contributed by atoms with van der Waals surface area (Å²) < 4.78 is 0. The van der Waals surface area contributed by atoms with Gasteiger partial charge in [-0.1, -0.05) is 39.8 Å². The van der Waals surface area contributed by atoms with Crippen molar-refractivity contribution in [2.75, 3.05) is 13.1 Å². The van der Waals surface area contributed by atoms with Crippen molar-refractivity contribution in [3.8, 4) is 0 Å². The summed E-state index contributed by atoms with van der Waals surface area (Å²) >= 11 is 0. The first-order valence-corrected chi connectivity index (χ1v) is 9.80. The molecule has 0 aromatic rings. The van der Waals surface area contributed by atoms with E-state index in [0.717, 1.165) is 36.8 Å². The molecule has 0 aromatic carbocycles. The van der Waals surface area contributed by atoms with Crippen LogP contribution in [0.15, 0.2) is 33.3 Å². The topological polar surface area (TPSA) is 24.7 Å². The molecule has 6 aliphatic carbocycles. The zero-order valence-corrected chi connectivity index (χ0v) is 15.8. The Bertz CT molecular complexity index is 576. The van der Waals surface area contributed by atoms with Crippen LogP contribution in [0.5, 0.6) is 0 Å². The van der Waals surface area contributed by atoms with Crippen LogP contribution in [0, 0.1) is 34.5 Å². The molecule has 0 aromatic heterocycles. The van der Waals surface area contributed by atoms with Gasteiger partial charge in [0.05, 0.1) is 13.1 Å². The molecule has 0 aliphatic heterocycles. The second-order valence-electron chi connectivity index (χ2n) is 9.56. The molecule has 4 atom stereocenters. The molecular formula is C22H32N2. The first kappa shape index (κ1) is 16.3. The van der Waals surface area contributed by atoms with Gasteiger partial charge < -0.3 is 0 Å². The highest BCUT2D eigenvalue weighted by Crippen LogP contribution is 2.59. The van der Waals surface area contributed by atoms with Gasteiger partial charge in [-0.3, -0.25) is 9.98 Å². The Balaban J connectivity index is 1.25. The molecule has 0 N–H and O–H groups in total. The summed E-state index contributed by atoms with van der Waals surface area (Å²) in [6.45, 7) is 11.3. The molecule has 0 radical (unpaired) electrons. The Labute approximate surface area is 147 Å². The summed E-state index contributed by atoms with van der Waals surface area (Å²) in [5.41, 5.74) is 3.94. The van der Waals surface area contributed by atoms with Crippen LogP contribution in [0.4, 0.5) is 0 Å². The minimum Gasteiger partial charge on any atom is -0.291 e. The van der Waals surface area contributed by atoms with E-state index >= 15 is 0 Å². The number of hydrogen-bond donors (Lipinski definition) is 0. The van der Waals surface area contributed by atoms with Crippen LogP contribution >= 0.6 is 0 Å². The highest BCUT2D eigenvalue weighted by Gasteiger charge is 2.51. The van der Waals surface area contributed by atoms with Crippen LogP contribution in [0.1, 0.15) is 53.4 Å². The molecule has 0 heterocycles. The van der Waals surface area contributed by atoms with E-state index in [2.05, 4.69) is 62.3 Å². The van der Waals surface area contributed by atoms with Gasteiger partial charge in [-0.2, -0.15) is 0 Å². The smallest absolute Gasteiger partial charge is 0.0585 e. The Morgan fingerprint density at radius 3 is 1.58 bits per heavy atom. The minimum absolute atomic E-state index is 0.495. The fourth-order valence-electron chi connectivity index (χ4n) is 5.55. The number of nitrogens with zero attached hydrogens (tertiary/aromatic N) is 2. The van der Waals surface area contributed by atoms with E-state index in [9.17, 15) is 0 Å². The normalized spacial score (nSPS) is 38.5. The van der Waals surface area contributed by atoms with Crippen molar-refractivity contribution in [1.82, 2.24) is 0 Å². The molecule has 2 saturated carbocycles. The van der Waals surface area contributed by atoms with Gasteiger partial charge in [0.15, 0.2) is 0 Å². The predicted octanol–water partition coefficient (Wildman–Crippen LogP) is 5.11. The SMILES string of the molecule is CC1(C)[C@@H]2CC=C(C=NCCN=CC3=CC[C@@H]4C[C@H]3C4(C)C)[C@H]1C2. The number of allylic oxidation sites excluding steroid dienone is 4. The molecule has 6 rings (SSSR count). The Hall–Kier alpha value is -1.18. The molecule has 2 heteroatoms. The summed E-state index contributed by atoms with van der Waals surface area (Å²) in [5.74, 6) is 3.29. The standard InChI is InChI=1S/C22H32N2/c1-21(2)17-7-5-15(19(21)11-17)13-23-9-10-24-14-16-6-8-18-12-20(16)22(18,3)4/h5-6,13-14,17-20H,7-12H2,1-4H3/t17-,18-,19-,20-/m1/s1. The second-order valence-corrected chi connectivity index (χ2v) is 9.56. The van der Waals surface area contributed by atoms with Crippen molar-refractivity contribution in [3.05, 3.63) is 23.3 Å². The summed E-state index contributed by atoms with van der Waals surface area (Å²) in [4.78, 5) is 9.30. The van der Waals surface area contributed by atoms with Crippen LogP contribution in [-0.4, -0.2) is 25.5 Å². The lowest BCUT2D eigenvalue weighted by Crippen LogP contribution is -2.48. The number of hydrogen-bond acceptors (Lipinski definition) is 2. The quantitative estimate of drug-likeness (QED) is 0.496. The van der Waals surface area contributed by atoms with E-state index in [0.29, 0.717) is 10.8 Å². The van der Waals surface area contributed by atoms with Crippen molar-refractivity contribution < 1.29 is 0 Å². The van der Waals surface area contributed by atoms with Crippen molar-refractivity contribution in [2.45, 2.75) is 53.4 Å². The van der Waals surface area contributed by atoms with Crippen LogP contribution in [0.3, 0.4) is 0 Å². The van der Waals surface area contributed by atoms with Gasteiger partial charge >= 0.3 is 0 Å².